The van der Waals surface area contributed by atoms with Crippen LogP contribution < -0.4 is 64.2 Å². The van der Waals surface area contributed by atoms with E-state index >= 15 is 0 Å². The molecule has 8 heteroatoms. The van der Waals surface area contributed by atoms with Crippen molar-refractivity contribution in [3.05, 3.63) is 35.5 Å². The predicted molar refractivity (Wildman–Crippen MR) is 76.3 cm³/mol. The number of H-pyrrole nitrogens is 1. The number of carbonyl (C=O) groups excluding carboxylic acids is 1. The summed E-state index contributed by atoms with van der Waals surface area (Å²) in [6, 6.07) is 7.05. The van der Waals surface area contributed by atoms with Gasteiger partial charge in [0.25, 0.3) is 0 Å². The number of aromatic nitrogens is 1. The third-order valence-corrected chi connectivity index (χ3v) is 3.98. The van der Waals surface area contributed by atoms with Gasteiger partial charge < -0.3 is 44.6 Å². The van der Waals surface area contributed by atoms with Crippen molar-refractivity contribution in [1.29, 1.82) is 0 Å². The molecule has 4 nitrogen and oxygen atoms in total. The normalized spacial score (nSPS) is 16.6. The summed E-state index contributed by atoms with van der Waals surface area (Å²) < 4.78 is 0.165. The number of fused-ring (bicyclic) bond motifs is 3. The number of benzene rings is 1. The molecular weight excluding hydrogens is 326 g/mol. The zero-order valence-electron chi connectivity index (χ0n) is 11.9. The first-order valence-corrected chi connectivity index (χ1v) is 6.66. The second-order valence-electron chi connectivity index (χ2n) is 4.56. The van der Waals surface area contributed by atoms with Gasteiger partial charge in [-0.2, -0.15) is 0 Å². The van der Waals surface area contributed by atoms with Gasteiger partial charge in [0.15, 0.2) is 0 Å². The number of rotatable bonds is 1. The molecule has 2 aromatic rings. The summed E-state index contributed by atoms with van der Waals surface area (Å²) in [6.07, 6.45) is 0.360. The Kier molecular flexibility index (Phi) is 7.15. The first kappa shape index (κ1) is 19.4. The molecule has 0 amide bonds. The first-order valence-electron chi connectivity index (χ1n) is 5.85. The molecule has 0 saturated carbocycles. The molecule has 0 fully saturated rings. The van der Waals surface area contributed by atoms with Crippen molar-refractivity contribution in [3.8, 4) is 0 Å². The largest absolute Gasteiger partial charge is 1.00 e. The number of nitrogens with one attached hydrogen (secondary N) is 1. The minimum Gasteiger partial charge on any atom is -0.548 e. The van der Waals surface area contributed by atoms with Crippen LogP contribution in [0.3, 0.4) is 0 Å². The Hall–Kier alpha value is 0.340. The van der Waals surface area contributed by atoms with E-state index in [0.29, 0.717) is 13.0 Å². The minimum atomic E-state index is -1.14. The Morgan fingerprint density at radius 3 is 2.67 bits per heavy atom. The SMILES string of the molecule is O=C([O-])C1Cc2c([nH]c3ccccc23)CN1C(=S)[S-].[Na+].[Na+]. The molecule has 0 spiro atoms. The molecule has 0 radical (unpaired) electrons. The van der Waals surface area contributed by atoms with E-state index in [0.717, 1.165) is 22.2 Å². The Morgan fingerprint density at radius 1 is 1.38 bits per heavy atom. The van der Waals surface area contributed by atoms with Crippen molar-refractivity contribution >= 4 is 46.0 Å². The fourth-order valence-electron chi connectivity index (χ4n) is 2.61. The number of nitrogens with zero attached hydrogens (tertiary/aromatic N) is 1. The van der Waals surface area contributed by atoms with Crippen LogP contribution in [0.2, 0.25) is 0 Å². The number of thiocarbonyl (C=S) groups is 1. The zero-order valence-corrected chi connectivity index (χ0v) is 17.5. The molecule has 0 saturated heterocycles. The van der Waals surface area contributed by atoms with Crippen molar-refractivity contribution in [2.75, 3.05) is 0 Å². The topological polar surface area (TPSA) is 59.2 Å². The van der Waals surface area contributed by atoms with Gasteiger partial charge in [0.05, 0.1) is 18.6 Å². The number of carbonyl (C=O) groups is 1. The fraction of sp³-hybridized carbons (Fsp3) is 0.231. The van der Waals surface area contributed by atoms with Crippen molar-refractivity contribution in [3.63, 3.8) is 0 Å². The van der Waals surface area contributed by atoms with E-state index in [-0.39, 0.29) is 63.4 Å². The van der Waals surface area contributed by atoms with Crippen LogP contribution in [0.5, 0.6) is 0 Å². The van der Waals surface area contributed by atoms with Gasteiger partial charge in [-0.3, -0.25) is 0 Å². The van der Waals surface area contributed by atoms with Gasteiger partial charge in [-0.1, -0.05) is 22.5 Å². The van der Waals surface area contributed by atoms with Gasteiger partial charge >= 0.3 is 59.1 Å². The molecule has 2 heterocycles. The second-order valence-corrected chi connectivity index (χ2v) is 5.59. The average Bonchev–Trinajstić information content (AvgIpc) is 2.74. The van der Waals surface area contributed by atoms with Crippen LogP contribution >= 0.6 is 12.2 Å². The number of carboxylic acids is 1. The number of hydrogen-bond acceptors (Lipinski definition) is 4. The van der Waals surface area contributed by atoms with E-state index in [1.54, 1.807) is 0 Å². The summed E-state index contributed by atoms with van der Waals surface area (Å²) in [7, 11) is 0. The molecule has 0 bridgehead atoms. The van der Waals surface area contributed by atoms with E-state index in [9.17, 15) is 9.90 Å². The number of para-hydroxylation sites is 1. The monoisotopic (exact) mass is 336 g/mol. The summed E-state index contributed by atoms with van der Waals surface area (Å²) >= 11 is 9.91. The first-order chi connectivity index (χ1) is 9.08. The van der Waals surface area contributed by atoms with Crippen molar-refractivity contribution in [2.45, 2.75) is 19.0 Å². The average molecular weight is 336 g/mol. The summed E-state index contributed by atoms with van der Waals surface area (Å²) in [5.74, 6) is -1.14. The molecule has 3 rings (SSSR count). The van der Waals surface area contributed by atoms with E-state index in [2.05, 4.69) is 4.98 Å². The molecule has 1 unspecified atom stereocenters. The van der Waals surface area contributed by atoms with E-state index in [1.165, 1.54) is 4.90 Å². The number of aliphatic carboxylic acids is 1. The Morgan fingerprint density at radius 2 is 2.05 bits per heavy atom. The number of carboxylic acid groups (broad SMARTS) is 1. The molecular formula is C13H10N2Na2O2S2. The standard InChI is InChI=1S/C13H12N2O2S2.2Na/c16-12(17)11-5-8-7-3-1-2-4-9(7)14-10(8)6-15(11)13(18)19;;/h1-4,11,14H,5-6H2,(H,16,17)(H,18,19);;/q;2*+1/p-2. The molecule has 1 atom stereocenters. The van der Waals surface area contributed by atoms with Crippen LogP contribution in [0.15, 0.2) is 24.3 Å². The molecule has 1 aliphatic heterocycles. The van der Waals surface area contributed by atoms with E-state index in [1.807, 2.05) is 24.3 Å². The van der Waals surface area contributed by atoms with Gasteiger partial charge in [0.1, 0.15) is 0 Å². The fourth-order valence-corrected chi connectivity index (χ4v) is 2.99. The Labute approximate surface area is 177 Å². The van der Waals surface area contributed by atoms with Gasteiger partial charge in [-0.25, -0.2) is 0 Å². The third kappa shape index (κ3) is 3.64. The van der Waals surface area contributed by atoms with Gasteiger partial charge in [-0.15, -0.1) is 0 Å². The van der Waals surface area contributed by atoms with Crippen molar-refractivity contribution < 1.29 is 69.0 Å². The van der Waals surface area contributed by atoms with Crippen LogP contribution in [-0.4, -0.2) is 26.2 Å². The maximum absolute atomic E-state index is 11.3. The van der Waals surface area contributed by atoms with Crippen LogP contribution in [-0.2, 0) is 30.4 Å². The quantitative estimate of drug-likeness (QED) is 0.320. The molecule has 1 N–H and O–H groups in total. The minimum absolute atomic E-state index is 0. The van der Waals surface area contributed by atoms with Crippen LogP contribution in [0.25, 0.3) is 10.9 Å². The molecule has 1 aliphatic rings. The van der Waals surface area contributed by atoms with E-state index < -0.39 is 12.0 Å². The summed E-state index contributed by atoms with van der Waals surface area (Å²) in [4.78, 5) is 16.1. The van der Waals surface area contributed by atoms with Crippen LogP contribution in [0, 0.1) is 0 Å². The van der Waals surface area contributed by atoms with E-state index in [4.69, 9.17) is 24.8 Å². The van der Waals surface area contributed by atoms with Crippen LogP contribution in [0.4, 0.5) is 0 Å². The molecule has 0 aliphatic carbocycles. The molecule has 98 valence electrons. The van der Waals surface area contributed by atoms with Gasteiger partial charge in [-0.05, 0) is 11.6 Å². The molecule has 1 aromatic carbocycles. The second kappa shape index (κ2) is 7.75. The van der Waals surface area contributed by atoms with Crippen molar-refractivity contribution in [1.82, 2.24) is 9.88 Å². The maximum Gasteiger partial charge on any atom is 1.00 e. The Balaban J connectivity index is 0.00000110. The zero-order chi connectivity index (χ0) is 13.6. The number of hydrogen-bond donors (Lipinski definition) is 1. The molecule has 1 aromatic heterocycles. The summed E-state index contributed by atoms with van der Waals surface area (Å²) in [6.45, 7) is 0.394. The predicted octanol–water partition coefficient (Wildman–Crippen LogP) is -5.52. The van der Waals surface area contributed by atoms with Crippen LogP contribution in [0.1, 0.15) is 11.3 Å². The summed E-state index contributed by atoms with van der Waals surface area (Å²) in [5, 5.41) is 12.3. The number of aromatic amines is 1. The van der Waals surface area contributed by atoms with Gasteiger partial charge in [0, 0.05) is 23.0 Å². The molecule has 21 heavy (non-hydrogen) atoms. The smallest absolute Gasteiger partial charge is 0.548 e. The maximum atomic E-state index is 11.3. The van der Waals surface area contributed by atoms with Crippen molar-refractivity contribution in [2.24, 2.45) is 0 Å². The van der Waals surface area contributed by atoms with Gasteiger partial charge in [0.2, 0.25) is 0 Å². The Bertz CT molecular complexity index is 690. The summed E-state index contributed by atoms with van der Waals surface area (Å²) in [5.41, 5.74) is 3.00. The third-order valence-electron chi connectivity index (χ3n) is 3.51.